The molecule has 0 spiro atoms. The number of nitrogens with zero attached hydrogens (tertiary/aromatic N) is 1. The van der Waals surface area contributed by atoms with Crippen molar-refractivity contribution in [3.8, 4) is 0 Å². The van der Waals surface area contributed by atoms with E-state index in [1.54, 1.807) is 0 Å². The van der Waals surface area contributed by atoms with Gasteiger partial charge in [0.2, 0.25) is 0 Å². The van der Waals surface area contributed by atoms with Crippen molar-refractivity contribution < 1.29 is 37.6 Å². The maximum absolute atomic E-state index is 12.6. The predicted octanol–water partition coefficient (Wildman–Crippen LogP) is 12.0. The Balaban J connectivity index is 4.32. The normalized spacial score (nSPS) is 13.8. The number of hydrogen-bond donors (Lipinski definition) is 1. The standard InChI is InChI=1S/C43H80NO8P/c1-5-7-9-11-13-15-17-19-20-21-22-24-26-28-30-32-34-36-43(46)52-41(40-51-53(47,48)50-38-37-44(3)4)39-49-42(45)35-33-31-29-27-25-23-18-16-14-12-10-8-6-2/h13,15-16,18-20,41H,5-12,14,17,21-40H2,1-4H3,(H,47,48)/b15-13-,18-16-,20-19-. The number of likely N-dealkylation sites (N-methyl/N-ethyl adjacent to an activating group) is 1. The fraction of sp³-hybridized carbons (Fsp3) is 0.814. The lowest BCUT2D eigenvalue weighted by Crippen LogP contribution is -2.29. The third kappa shape index (κ3) is 39.7. The molecule has 0 saturated carbocycles. The molecule has 53 heavy (non-hydrogen) atoms. The molecule has 0 radical (unpaired) electrons. The van der Waals surface area contributed by atoms with Gasteiger partial charge in [0, 0.05) is 19.4 Å². The first-order valence-electron chi connectivity index (χ1n) is 21.3. The summed E-state index contributed by atoms with van der Waals surface area (Å²) in [5.41, 5.74) is 0. The number of hydrogen-bond acceptors (Lipinski definition) is 8. The van der Waals surface area contributed by atoms with Crippen LogP contribution in [0, 0.1) is 0 Å². The third-order valence-electron chi connectivity index (χ3n) is 8.92. The van der Waals surface area contributed by atoms with E-state index in [1.165, 1.54) is 77.0 Å². The van der Waals surface area contributed by atoms with Crippen LogP contribution in [0.5, 0.6) is 0 Å². The Hall–Kier alpha value is -1.77. The van der Waals surface area contributed by atoms with E-state index >= 15 is 0 Å². The number of rotatable bonds is 39. The van der Waals surface area contributed by atoms with Crippen LogP contribution in [0.15, 0.2) is 36.5 Å². The zero-order valence-corrected chi connectivity index (χ0v) is 35.3. The predicted molar refractivity (Wildman–Crippen MR) is 220 cm³/mol. The van der Waals surface area contributed by atoms with Crippen molar-refractivity contribution in [2.24, 2.45) is 0 Å². The van der Waals surface area contributed by atoms with Crippen LogP contribution in [0.2, 0.25) is 0 Å². The molecule has 2 unspecified atom stereocenters. The molecule has 0 aliphatic heterocycles. The van der Waals surface area contributed by atoms with Crippen LogP contribution in [0.25, 0.3) is 0 Å². The van der Waals surface area contributed by atoms with Crippen LogP contribution in [0.4, 0.5) is 0 Å². The maximum Gasteiger partial charge on any atom is 0.472 e. The van der Waals surface area contributed by atoms with Crippen molar-refractivity contribution in [1.29, 1.82) is 0 Å². The Kier molecular flexibility index (Phi) is 37.2. The van der Waals surface area contributed by atoms with E-state index in [9.17, 15) is 19.0 Å². The summed E-state index contributed by atoms with van der Waals surface area (Å²) in [5.74, 6) is -0.822. The van der Waals surface area contributed by atoms with E-state index in [2.05, 4.69) is 50.3 Å². The van der Waals surface area contributed by atoms with Gasteiger partial charge in [0.05, 0.1) is 13.2 Å². The Morgan fingerprint density at radius 1 is 0.585 bits per heavy atom. The van der Waals surface area contributed by atoms with Crippen molar-refractivity contribution in [3.63, 3.8) is 0 Å². The van der Waals surface area contributed by atoms with E-state index in [-0.39, 0.29) is 32.0 Å². The smallest absolute Gasteiger partial charge is 0.462 e. The molecule has 0 fully saturated rings. The zero-order valence-electron chi connectivity index (χ0n) is 34.5. The molecular formula is C43H80NO8P. The fourth-order valence-electron chi connectivity index (χ4n) is 5.59. The molecule has 0 aromatic carbocycles. The summed E-state index contributed by atoms with van der Waals surface area (Å²) in [4.78, 5) is 37.0. The van der Waals surface area contributed by atoms with E-state index in [0.717, 1.165) is 70.6 Å². The van der Waals surface area contributed by atoms with Gasteiger partial charge >= 0.3 is 19.8 Å². The lowest BCUT2D eigenvalue weighted by atomic mass is 10.1. The minimum atomic E-state index is -4.36. The van der Waals surface area contributed by atoms with Gasteiger partial charge in [0.15, 0.2) is 6.10 Å². The molecule has 1 N–H and O–H groups in total. The number of ether oxygens (including phenoxy) is 2. The average molecular weight is 770 g/mol. The highest BCUT2D eigenvalue weighted by atomic mass is 31.2. The Labute approximate surface area is 325 Å². The number of phosphoric ester groups is 1. The van der Waals surface area contributed by atoms with Crippen LogP contribution in [-0.2, 0) is 32.7 Å². The topological polar surface area (TPSA) is 112 Å². The largest absolute Gasteiger partial charge is 0.472 e. The fourth-order valence-corrected chi connectivity index (χ4v) is 6.33. The molecule has 0 aliphatic carbocycles. The number of esters is 2. The second-order valence-electron chi connectivity index (χ2n) is 14.5. The molecule has 0 bridgehead atoms. The number of unbranched alkanes of at least 4 members (excludes halogenated alkanes) is 19. The second kappa shape index (κ2) is 38.5. The van der Waals surface area contributed by atoms with Gasteiger partial charge in [-0.05, 0) is 84.7 Å². The van der Waals surface area contributed by atoms with Crippen molar-refractivity contribution in [1.82, 2.24) is 4.90 Å². The average Bonchev–Trinajstić information content (AvgIpc) is 3.12. The molecule has 0 amide bonds. The van der Waals surface area contributed by atoms with Gasteiger partial charge in [0.25, 0.3) is 0 Å². The summed E-state index contributed by atoms with van der Waals surface area (Å²) in [6.07, 6.45) is 40.4. The number of allylic oxidation sites excluding steroid dienone is 6. The Bertz CT molecular complexity index is 983. The van der Waals surface area contributed by atoms with Gasteiger partial charge < -0.3 is 19.3 Å². The van der Waals surface area contributed by atoms with E-state index < -0.39 is 26.5 Å². The minimum Gasteiger partial charge on any atom is -0.462 e. The van der Waals surface area contributed by atoms with Crippen molar-refractivity contribution in [2.75, 3.05) is 40.5 Å². The molecule has 0 aliphatic rings. The van der Waals surface area contributed by atoms with E-state index in [1.807, 2.05) is 19.0 Å². The molecule has 0 aromatic heterocycles. The highest BCUT2D eigenvalue weighted by Gasteiger charge is 2.26. The van der Waals surface area contributed by atoms with Crippen LogP contribution >= 0.6 is 7.82 Å². The molecule has 310 valence electrons. The van der Waals surface area contributed by atoms with Crippen LogP contribution in [0.3, 0.4) is 0 Å². The maximum atomic E-state index is 12.6. The van der Waals surface area contributed by atoms with Crippen molar-refractivity contribution in [2.45, 2.75) is 187 Å². The summed E-state index contributed by atoms with van der Waals surface area (Å²) >= 11 is 0. The summed E-state index contributed by atoms with van der Waals surface area (Å²) < 4.78 is 33.4. The first-order valence-corrected chi connectivity index (χ1v) is 22.8. The summed E-state index contributed by atoms with van der Waals surface area (Å²) in [7, 11) is -0.719. The van der Waals surface area contributed by atoms with Gasteiger partial charge in [-0.25, -0.2) is 4.57 Å². The van der Waals surface area contributed by atoms with Gasteiger partial charge in [-0.15, -0.1) is 0 Å². The van der Waals surface area contributed by atoms with Gasteiger partial charge in [0.1, 0.15) is 6.61 Å². The van der Waals surface area contributed by atoms with Crippen LogP contribution in [-0.4, -0.2) is 68.3 Å². The quantitative estimate of drug-likeness (QED) is 0.0282. The molecular weight excluding hydrogens is 689 g/mol. The second-order valence-corrected chi connectivity index (χ2v) is 16.0. The van der Waals surface area contributed by atoms with E-state index in [0.29, 0.717) is 13.0 Å². The Morgan fingerprint density at radius 3 is 1.55 bits per heavy atom. The molecule has 0 heterocycles. The molecule has 10 heteroatoms. The van der Waals surface area contributed by atoms with Gasteiger partial charge in [-0.2, -0.15) is 0 Å². The number of carbonyl (C=O) groups is 2. The van der Waals surface area contributed by atoms with Crippen molar-refractivity contribution >= 4 is 19.8 Å². The van der Waals surface area contributed by atoms with Crippen molar-refractivity contribution in [3.05, 3.63) is 36.5 Å². The summed E-state index contributed by atoms with van der Waals surface area (Å²) in [6.45, 7) is 4.26. The number of phosphoric acid groups is 1. The monoisotopic (exact) mass is 770 g/mol. The van der Waals surface area contributed by atoms with Crippen LogP contribution in [0.1, 0.15) is 181 Å². The first-order chi connectivity index (χ1) is 25.7. The number of carbonyl (C=O) groups excluding carboxylic acids is 2. The highest BCUT2D eigenvalue weighted by Crippen LogP contribution is 2.43. The lowest BCUT2D eigenvalue weighted by Gasteiger charge is -2.20. The van der Waals surface area contributed by atoms with Gasteiger partial charge in [-0.3, -0.25) is 18.6 Å². The highest BCUT2D eigenvalue weighted by molar-refractivity contribution is 7.47. The summed E-state index contributed by atoms with van der Waals surface area (Å²) in [6, 6.07) is 0. The molecule has 0 saturated heterocycles. The summed E-state index contributed by atoms with van der Waals surface area (Å²) in [5, 5.41) is 0. The molecule has 9 nitrogen and oxygen atoms in total. The molecule has 0 rings (SSSR count). The lowest BCUT2D eigenvalue weighted by molar-refractivity contribution is -0.161. The third-order valence-corrected chi connectivity index (χ3v) is 9.90. The van der Waals surface area contributed by atoms with Crippen LogP contribution < -0.4 is 0 Å². The SMILES string of the molecule is CCCCC/C=C\C/C=C\CCCCCCCCCC(=O)OC(COC(=O)CCCCCCC/C=C\CCCCCC)COP(=O)(O)OCCN(C)C. The minimum absolute atomic E-state index is 0.00418. The van der Waals surface area contributed by atoms with Gasteiger partial charge in [-0.1, -0.05) is 134 Å². The molecule has 2 atom stereocenters. The van der Waals surface area contributed by atoms with E-state index in [4.69, 9.17) is 18.5 Å². The first kappa shape index (κ1) is 51.2. The zero-order chi connectivity index (χ0) is 39.1. The Morgan fingerprint density at radius 2 is 1.02 bits per heavy atom. The molecule has 0 aromatic rings.